The minimum atomic E-state index is -4.41. The number of alkyl halides is 3. The van der Waals surface area contributed by atoms with Gasteiger partial charge < -0.3 is 5.32 Å². The highest BCUT2D eigenvalue weighted by Gasteiger charge is 2.30. The van der Waals surface area contributed by atoms with Crippen LogP contribution in [0.25, 0.3) is 0 Å². The number of nitrogens with one attached hydrogen (secondary N) is 2. The number of hydrogen-bond acceptors (Lipinski definition) is 2. The number of nitrogens with zero attached hydrogens (tertiary/aromatic N) is 1. The zero-order valence-electron chi connectivity index (χ0n) is 10.8. The summed E-state index contributed by atoms with van der Waals surface area (Å²) in [6, 6.07) is 4.04. The first-order chi connectivity index (χ1) is 9.29. The number of aromatic nitrogens is 2. The lowest BCUT2D eigenvalue weighted by atomic mass is 10.1. The first-order valence-corrected chi connectivity index (χ1v) is 5.79. The summed E-state index contributed by atoms with van der Waals surface area (Å²) in [4.78, 5) is 11.9. The maximum Gasteiger partial charge on any atom is 0.416 e. The molecule has 20 heavy (non-hydrogen) atoms. The van der Waals surface area contributed by atoms with E-state index in [2.05, 4.69) is 15.5 Å². The number of anilines is 1. The van der Waals surface area contributed by atoms with Crippen LogP contribution < -0.4 is 5.32 Å². The number of amides is 1. The maximum absolute atomic E-state index is 12.4. The number of carbonyl (C=O) groups is 1. The van der Waals surface area contributed by atoms with Crippen LogP contribution in [0, 0.1) is 13.8 Å². The van der Waals surface area contributed by atoms with Crippen LogP contribution in [-0.4, -0.2) is 16.1 Å². The zero-order valence-corrected chi connectivity index (χ0v) is 10.8. The van der Waals surface area contributed by atoms with E-state index in [0.29, 0.717) is 17.1 Å². The molecule has 0 saturated carbocycles. The Hall–Kier alpha value is -2.31. The predicted molar refractivity (Wildman–Crippen MR) is 67.5 cm³/mol. The first kappa shape index (κ1) is 14.1. The van der Waals surface area contributed by atoms with Crippen LogP contribution in [0.4, 0.5) is 18.9 Å². The van der Waals surface area contributed by atoms with Crippen molar-refractivity contribution < 1.29 is 18.0 Å². The molecule has 0 bridgehead atoms. The number of rotatable bonds is 2. The van der Waals surface area contributed by atoms with Crippen LogP contribution in [0.5, 0.6) is 0 Å². The van der Waals surface area contributed by atoms with Gasteiger partial charge in [-0.1, -0.05) is 0 Å². The van der Waals surface area contributed by atoms with Gasteiger partial charge in [0.05, 0.1) is 22.6 Å². The van der Waals surface area contributed by atoms with Gasteiger partial charge in [-0.2, -0.15) is 18.3 Å². The van der Waals surface area contributed by atoms with E-state index in [9.17, 15) is 18.0 Å². The van der Waals surface area contributed by atoms with E-state index in [4.69, 9.17) is 0 Å². The minimum Gasteiger partial charge on any atom is -0.319 e. The molecule has 0 saturated heterocycles. The second-order valence-electron chi connectivity index (χ2n) is 4.34. The van der Waals surface area contributed by atoms with Gasteiger partial charge in [0.25, 0.3) is 5.91 Å². The van der Waals surface area contributed by atoms with Crippen molar-refractivity contribution in [3.63, 3.8) is 0 Å². The maximum atomic E-state index is 12.4. The summed E-state index contributed by atoms with van der Waals surface area (Å²) in [6.45, 7) is 3.45. The number of H-pyrrole nitrogens is 1. The van der Waals surface area contributed by atoms with Crippen LogP contribution in [0.3, 0.4) is 0 Å². The summed E-state index contributed by atoms with van der Waals surface area (Å²) >= 11 is 0. The molecule has 0 fully saturated rings. The normalized spacial score (nSPS) is 11.4. The summed E-state index contributed by atoms with van der Waals surface area (Å²) in [7, 11) is 0. The SMILES string of the molecule is Cc1n[nH]c(C)c1NC(=O)c1ccc(C(F)(F)F)cc1. The van der Waals surface area contributed by atoms with Crippen LogP contribution in [0.1, 0.15) is 27.3 Å². The second kappa shape index (κ2) is 4.99. The molecule has 1 aromatic heterocycles. The molecule has 7 heteroatoms. The first-order valence-electron chi connectivity index (χ1n) is 5.79. The summed E-state index contributed by atoms with van der Waals surface area (Å²) in [5.41, 5.74) is 1.20. The summed E-state index contributed by atoms with van der Waals surface area (Å²) in [6.07, 6.45) is -4.41. The Labute approximate surface area is 113 Å². The molecule has 0 aliphatic heterocycles. The Morgan fingerprint density at radius 1 is 1.20 bits per heavy atom. The van der Waals surface area contributed by atoms with Gasteiger partial charge in [-0.25, -0.2) is 0 Å². The molecule has 0 spiro atoms. The van der Waals surface area contributed by atoms with Gasteiger partial charge >= 0.3 is 6.18 Å². The molecule has 0 unspecified atom stereocenters. The molecule has 2 N–H and O–H groups in total. The summed E-state index contributed by atoms with van der Waals surface area (Å²) < 4.78 is 37.3. The topological polar surface area (TPSA) is 57.8 Å². The quantitative estimate of drug-likeness (QED) is 0.888. The lowest BCUT2D eigenvalue weighted by Crippen LogP contribution is -2.13. The van der Waals surface area contributed by atoms with Crippen molar-refractivity contribution in [1.29, 1.82) is 0 Å². The highest BCUT2D eigenvalue weighted by atomic mass is 19.4. The number of aryl methyl sites for hydroxylation is 2. The molecule has 1 aromatic carbocycles. The van der Waals surface area contributed by atoms with Crippen LogP contribution >= 0.6 is 0 Å². The number of halogens is 3. The third-order valence-electron chi connectivity index (χ3n) is 2.84. The van der Waals surface area contributed by atoms with Crippen molar-refractivity contribution >= 4 is 11.6 Å². The van der Waals surface area contributed by atoms with Crippen LogP contribution in [0.2, 0.25) is 0 Å². The number of benzene rings is 1. The highest BCUT2D eigenvalue weighted by Crippen LogP contribution is 2.29. The monoisotopic (exact) mass is 283 g/mol. The van der Waals surface area contributed by atoms with Gasteiger partial charge in [0.2, 0.25) is 0 Å². The lowest BCUT2D eigenvalue weighted by Gasteiger charge is -2.08. The molecule has 0 aliphatic rings. The van der Waals surface area contributed by atoms with E-state index >= 15 is 0 Å². The standard InChI is InChI=1S/C13H12F3N3O/c1-7-11(8(2)19-18-7)17-12(20)9-3-5-10(6-4-9)13(14,15)16/h3-6H,1-2H3,(H,17,20)(H,18,19). The fourth-order valence-electron chi connectivity index (χ4n) is 1.73. The Kier molecular flexibility index (Phi) is 3.52. The molecular weight excluding hydrogens is 271 g/mol. The molecule has 0 radical (unpaired) electrons. The Morgan fingerprint density at radius 3 is 2.25 bits per heavy atom. The van der Waals surface area contributed by atoms with Crippen molar-refractivity contribution in [1.82, 2.24) is 10.2 Å². The number of carbonyl (C=O) groups excluding carboxylic acids is 1. The number of aromatic amines is 1. The zero-order chi connectivity index (χ0) is 14.9. The lowest BCUT2D eigenvalue weighted by molar-refractivity contribution is -0.137. The van der Waals surface area contributed by atoms with E-state index in [1.165, 1.54) is 0 Å². The molecule has 106 valence electrons. The summed E-state index contributed by atoms with van der Waals surface area (Å²) in [5, 5.41) is 9.25. The third-order valence-corrected chi connectivity index (χ3v) is 2.84. The van der Waals surface area contributed by atoms with Gasteiger partial charge in [-0.3, -0.25) is 9.89 Å². The minimum absolute atomic E-state index is 0.151. The molecule has 2 rings (SSSR count). The van der Waals surface area contributed by atoms with Crippen molar-refractivity contribution in [2.24, 2.45) is 0 Å². The molecule has 2 aromatic rings. The van der Waals surface area contributed by atoms with Crippen molar-refractivity contribution in [2.75, 3.05) is 5.32 Å². The van der Waals surface area contributed by atoms with Crippen molar-refractivity contribution in [3.8, 4) is 0 Å². The van der Waals surface area contributed by atoms with E-state index in [1.807, 2.05) is 0 Å². The van der Waals surface area contributed by atoms with E-state index in [0.717, 1.165) is 24.3 Å². The molecule has 1 amide bonds. The third kappa shape index (κ3) is 2.81. The van der Waals surface area contributed by atoms with Gasteiger partial charge in [0.15, 0.2) is 0 Å². The second-order valence-corrected chi connectivity index (χ2v) is 4.34. The Morgan fingerprint density at radius 2 is 1.80 bits per heavy atom. The Bertz CT molecular complexity index is 610. The predicted octanol–water partition coefficient (Wildman–Crippen LogP) is 3.30. The average molecular weight is 283 g/mol. The number of hydrogen-bond donors (Lipinski definition) is 2. The van der Waals surface area contributed by atoms with Gasteiger partial charge in [0, 0.05) is 5.56 Å². The molecule has 1 heterocycles. The fourth-order valence-corrected chi connectivity index (χ4v) is 1.73. The van der Waals surface area contributed by atoms with E-state index in [-0.39, 0.29) is 5.56 Å². The smallest absolute Gasteiger partial charge is 0.319 e. The van der Waals surface area contributed by atoms with Crippen LogP contribution in [-0.2, 0) is 6.18 Å². The molecule has 0 atom stereocenters. The fraction of sp³-hybridized carbons (Fsp3) is 0.231. The van der Waals surface area contributed by atoms with E-state index in [1.54, 1.807) is 13.8 Å². The molecule has 0 aliphatic carbocycles. The van der Waals surface area contributed by atoms with Gasteiger partial charge in [0.1, 0.15) is 0 Å². The largest absolute Gasteiger partial charge is 0.416 e. The average Bonchev–Trinajstić information content (AvgIpc) is 2.69. The highest BCUT2D eigenvalue weighted by molar-refractivity contribution is 6.04. The molecule has 4 nitrogen and oxygen atoms in total. The van der Waals surface area contributed by atoms with Crippen molar-refractivity contribution in [2.45, 2.75) is 20.0 Å². The van der Waals surface area contributed by atoms with Crippen molar-refractivity contribution in [3.05, 3.63) is 46.8 Å². The van der Waals surface area contributed by atoms with Gasteiger partial charge in [-0.05, 0) is 38.1 Å². The Balaban J connectivity index is 2.18. The van der Waals surface area contributed by atoms with E-state index < -0.39 is 17.6 Å². The summed E-state index contributed by atoms with van der Waals surface area (Å²) in [5.74, 6) is -0.480. The van der Waals surface area contributed by atoms with Crippen LogP contribution in [0.15, 0.2) is 24.3 Å². The van der Waals surface area contributed by atoms with Gasteiger partial charge in [-0.15, -0.1) is 0 Å². The molecular formula is C13H12F3N3O.